The summed E-state index contributed by atoms with van der Waals surface area (Å²) in [6, 6.07) is 4.82. The summed E-state index contributed by atoms with van der Waals surface area (Å²) in [6.07, 6.45) is 0. The average molecular weight is 351 g/mol. The molecule has 1 aromatic carbocycles. The zero-order valence-corrected chi connectivity index (χ0v) is 13.1. The van der Waals surface area contributed by atoms with Crippen molar-refractivity contribution in [3.05, 3.63) is 51.4 Å². The number of rotatable bonds is 4. The normalized spacial score (nSPS) is 22.7. The minimum absolute atomic E-state index is 0.0715. The lowest BCUT2D eigenvalue weighted by atomic mass is 10.1. The lowest BCUT2D eigenvalue weighted by Gasteiger charge is -2.47. The Balaban J connectivity index is 1.68. The molecule has 24 heavy (non-hydrogen) atoms. The molecule has 1 amide bonds. The van der Waals surface area contributed by atoms with Gasteiger partial charge in [-0.15, -0.1) is 11.8 Å². The molecule has 10 heteroatoms. The number of ether oxygens (including phenoxy) is 1. The SMILES string of the molecule is N[C@H]1C(=O)N2C(C(=O)OCc3ccc([N+](=O)[O-])cc3)=C(O)CS[C@H]12. The average Bonchev–Trinajstić information content (AvgIpc) is 2.59. The highest BCUT2D eigenvalue weighted by Crippen LogP contribution is 2.38. The standard InChI is InChI=1S/C14H13N3O6S/c15-10-12(19)16-11(9(18)6-24-13(10)16)14(20)23-5-7-1-3-8(4-2-7)17(21)22/h1-4,10,13,18H,5-6,15H2/t10-,13+/m0/s1. The number of aliphatic hydroxyl groups excluding tert-OH is 1. The maximum atomic E-state index is 12.2. The van der Waals surface area contributed by atoms with Crippen molar-refractivity contribution >= 4 is 29.3 Å². The van der Waals surface area contributed by atoms with E-state index in [1.54, 1.807) is 0 Å². The Hall–Kier alpha value is -2.59. The maximum Gasteiger partial charge on any atom is 0.358 e. The molecule has 126 valence electrons. The van der Waals surface area contributed by atoms with Crippen molar-refractivity contribution in [2.45, 2.75) is 18.0 Å². The van der Waals surface area contributed by atoms with E-state index in [0.29, 0.717) is 5.56 Å². The highest BCUT2D eigenvalue weighted by Gasteiger charge is 2.52. The molecule has 1 aromatic rings. The fourth-order valence-corrected chi connectivity index (χ4v) is 3.57. The molecule has 2 heterocycles. The topological polar surface area (TPSA) is 136 Å². The summed E-state index contributed by atoms with van der Waals surface area (Å²) >= 11 is 1.27. The van der Waals surface area contributed by atoms with Crippen LogP contribution in [0.25, 0.3) is 0 Å². The Kier molecular flexibility index (Phi) is 4.16. The number of fused-ring (bicyclic) bond motifs is 1. The number of amides is 1. The number of nitrogens with zero attached hydrogens (tertiary/aromatic N) is 2. The van der Waals surface area contributed by atoms with Crippen LogP contribution in [0.15, 0.2) is 35.7 Å². The van der Waals surface area contributed by atoms with Gasteiger partial charge in [0.2, 0.25) is 5.91 Å². The van der Waals surface area contributed by atoms with E-state index in [1.165, 1.54) is 36.0 Å². The monoisotopic (exact) mass is 351 g/mol. The van der Waals surface area contributed by atoms with Crippen LogP contribution in [-0.4, -0.2) is 44.0 Å². The molecule has 2 aliphatic heterocycles. The zero-order chi connectivity index (χ0) is 17.4. The second-order valence-electron chi connectivity index (χ2n) is 5.23. The van der Waals surface area contributed by atoms with Crippen molar-refractivity contribution in [1.82, 2.24) is 4.90 Å². The lowest BCUT2D eigenvalue weighted by molar-refractivity contribution is -0.384. The molecule has 0 bridgehead atoms. The first kappa shape index (κ1) is 16.3. The highest BCUT2D eigenvalue weighted by molar-refractivity contribution is 8.00. The Morgan fingerprint density at radius 2 is 2.12 bits per heavy atom. The number of non-ortho nitro benzene ring substituents is 1. The van der Waals surface area contributed by atoms with E-state index >= 15 is 0 Å². The highest BCUT2D eigenvalue weighted by atomic mass is 32.2. The number of benzene rings is 1. The number of carbonyl (C=O) groups excluding carboxylic acids is 2. The van der Waals surface area contributed by atoms with Crippen LogP contribution >= 0.6 is 11.8 Å². The van der Waals surface area contributed by atoms with Crippen molar-refractivity contribution in [3.8, 4) is 0 Å². The molecule has 0 aromatic heterocycles. The molecule has 0 unspecified atom stereocenters. The van der Waals surface area contributed by atoms with Gasteiger partial charge in [0.1, 0.15) is 23.8 Å². The second kappa shape index (κ2) is 6.13. The summed E-state index contributed by atoms with van der Waals surface area (Å²) < 4.78 is 5.10. The molecule has 0 saturated carbocycles. The molecule has 1 saturated heterocycles. The van der Waals surface area contributed by atoms with Gasteiger partial charge >= 0.3 is 5.97 Å². The predicted octanol–water partition coefficient (Wildman–Crippen LogP) is 0.650. The van der Waals surface area contributed by atoms with Crippen LogP contribution in [0.1, 0.15) is 5.56 Å². The van der Waals surface area contributed by atoms with Gasteiger partial charge in [0.15, 0.2) is 5.70 Å². The number of nitrogens with two attached hydrogens (primary N) is 1. The Morgan fingerprint density at radius 3 is 2.75 bits per heavy atom. The second-order valence-corrected chi connectivity index (χ2v) is 6.34. The van der Waals surface area contributed by atoms with Crippen LogP contribution < -0.4 is 5.73 Å². The van der Waals surface area contributed by atoms with Crippen molar-refractivity contribution in [1.29, 1.82) is 0 Å². The van der Waals surface area contributed by atoms with Crippen LogP contribution in [0.5, 0.6) is 0 Å². The number of β-lactam (4-membered cyclic amide) rings is 1. The molecule has 9 nitrogen and oxygen atoms in total. The van der Waals surface area contributed by atoms with Gasteiger partial charge in [0.25, 0.3) is 5.69 Å². The first-order chi connectivity index (χ1) is 11.4. The largest absolute Gasteiger partial charge is 0.509 e. The smallest absolute Gasteiger partial charge is 0.358 e. The number of esters is 1. The van der Waals surface area contributed by atoms with Gasteiger partial charge in [-0.25, -0.2) is 4.79 Å². The molecular formula is C14H13N3O6S. The van der Waals surface area contributed by atoms with Gasteiger partial charge in [0, 0.05) is 12.1 Å². The fraction of sp³-hybridized carbons (Fsp3) is 0.286. The van der Waals surface area contributed by atoms with E-state index in [1.807, 2.05) is 0 Å². The number of hydrogen-bond donors (Lipinski definition) is 2. The molecule has 0 spiro atoms. The number of aliphatic hydroxyl groups is 1. The maximum absolute atomic E-state index is 12.2. The van der Waals surface area contributed by atoms with Crippen molar-refractivity contribution in [2.75, 3.05) is 5.75 Å². The zero-order valence-electron chi connectivity index (χ0n) is 12.2. The van der Waals surface area contributed by atoms with Gasteiger partial charge < -0.3 is 15.6 Å². The fourth-order valence-electron chi connectivity index (χ4n) is 2.42. The Bertz CT molecular complexity index is 747. The van der Waals surface area contributed by atoms with E-state index in [-0.39, 0.29) is 34.9 Å². The molecular weight excluding hydrogens is 338 g/mol. The Labute approximate surface area is 140 Å². The van der Waals surface area contributed by atoms with E-state index in [0.717, 1.165) is 4.90 Å². The molecule has 2 aliphatic rings. The first-order valence-corrected chi connectivity index (χ1v) is 7.98. The van der Waals surface area contributed by atoms with E-state index < -0.39 is 22.8 Å². The number of thioether (sulfide) groups is 1. The van der Waals surface area contributed by atoms with Gasteiger partial charge in [-0.3, -0.25) is 19.8 Å². The van der Waals surface area contributed by atoms with Gasteiger partial charge in [0.05, 0.1) is 10.7 Å². The molecule has 3 rings (SSSR count). The van der Waals surface area contributed by atoms with Gasteiger partial charge in [-0.05, 0) is 17.7 Å². The van der Waals surface area contributed by atoms with E-state index in [9.17, 15) is 24.8 Å². The van der Waals surface area contributed by atoms with Gasteiger partial charge in [-0.2, -0.15) is 0 Å². The number of hydrogen-bond acceptors (Lipinski definition) is 8. The third kappa shape index (κ3) is 2.69. The Morgan fingerprint density at radius 1 is 1.46 bits per heavy atom. The number of nitro groups is 1. The molecule has 0 radical (unpaired) electrons. The van der Waals surface area contributed by atoms with E-state index in [4.69, 9.17) is 10.5 Å². The minimum Gasteiger partial charge on any atom is -0.509 e. The quantitative estimate of drug-likeness (QED) is 0.349. The van der Waals surface area contributed by atoms with Crippen LogP contribution in [0.2, 0.25) is 0 Å². The van der Waals surface area contributed by atoms with Crippen molar-refractivity contribution in [2.24, 2.45) is 5.73 Å². The summed E-state index contributed by atoms with van der Waals surface area (Å²) in [6.45, 7) is -0.139. The van der Waals surface area contributed by atoms with Crippen LogP contribution in [0, 0.1) is 10.1 Å². The summed E-state index contributed by atoms with van der Waals surface area (Å²) in [7, 11) is 0. The number of carbonyl (C=O) groups is 2. The van der Waals surface area contributed by atoms with Crippen LogP contribution in [-0.2, 0) is 20.9 Å². The summed E-state index contributed by atoms with van der Waals surface area (Å²) in [5.41, 5.74) is 5.95. The minimum atomic E-state index is -0.837. The van der Waals surface area contributed by atoms with E-state index in [2.05, 4.69) is 0 Å². The third-order valence-corrected chi connectivity index (χ3v) is 4.99. The molecule has 3 N–H and O–H groups in total. The summed E-state index contributed by atoms with van der Waals surface area (Å²) in [5.74, 6) is -1.34. The molecule has 1 fully saturated rings. The lowest BCUT2D eigenvalue weighted by Crippen LogP contribution is -2.68. The molecule has 0 aliphatic carbocycles. The summed E-state index contributed by atoms with van der Waals surface area (Å²) in [4.78, 5) is 35.2. The first-order valence-electron chi connectivity index (χ1n) is 6.93. The van der Waals surface area contributed by atoms with Crippen LogP contribution in [0.3, 0.4) is 0 Å². The van der Waals surface area contributed by atoms with Gasteiger partial charge in [-0.1, -0.05) is 0 Å². The third-order valence-electron chi connectivity index (χ3n) is 3.70. The summed E-state index contributed by atoms with van der Waals surface area (Å²) in [5, 5.41) is 20.1. The van der Waals surface area contributed by atoms with Crippen molar-refractivity contribution in [3.63, 3.8) is 0 Å². The number of nitro benzene ring substituents is 1. The molecule has 2 atom stereocenters. The van der Waals surface area contributed by atoms with Crippen molar-refractivity contribution < 1.29 is 24.4 Å². The predicted molar refractivity (Wildman–Crippen MR) is 83.6 cm³/mol. The van der Waals surface area contributed by atoms with Crippen LogP contribution in [0.4, 0.5) is 5.69 Å².